The van der Waals surface area contributed by atoms with E-state index in [4.69, 9.17) is 0 Å². The van der Waals surface area contributed by atoms with Crippen LogP contribution in [0.4, 0.5) is 0 Å². The summed E-state index contributed by atoms with van der Waals surface area (Å²) in [5.74, 6) is 0. The first kappa shape index (κ1) is 174. The van der Waals surface area contributed by atoms with E-state index in [0.717, 1.165) is 0 Å². The van der Waals surface area contributed by atoms with Crippen LogP contribution >= 0.6 is 0 Å². The Morgan fingerprint density at radius 3 is 0.273 bits per heavy atom. The molecule has 11 heteroatoms. The molecule has 0 aromatic carbocycles. The Morgan fingerprint density at radius 1 is 0.273 bits per heavy atom. The van der Waals surface area contributed by atoms with E-state index in [9.17, 15) is 0 Å². The maximum atomic E-state index is 0. The maximum Gasteiger partial charge on any atom is 3.00 e. The van der Waals surface area contributed by atoms with Gasteiger partial charge in [0.05, 0.1) is 0 Å². The van der Waals surface area contributed by atoms with Gasteiger partial charge in [0.2, 0.25) is 0 Å². The van der Waals surface area contributed by atoms with Gasteiger partial charge in [-0.25, -0.2) is 0 Å². The van der Waals surface area contributed by atoms with Gasteiger partial charge in [0.25, 0.3) is 0 Å². The first-order valence-electron chi connectivity index (χ1n) is 0. The average molecular weight is 800 g/mol. The molecule has 0 aromatic rings. The van der Waals surface area contributed by atoms with Crippen LogP contribution in [0.2, 0.25) is 0 Å². The summed E-state index contributed by atoms with van der Waals surface area (Å²) in [7, 11) is 0. The molecule has 82 valence electrons. The van der Waals surface area contributed by atoms with Crippen LogP contribution in [0.5, 0.6) is 0 Å². The molecule has 0 aliphatic rings. The van der Waals surface area contributed by atoms with Crippen molar-refractivity contribution in [2.75, 3.05) is 0 Å². The monoisotopic (exact) mass is 804 g/mol. The van der Waals surface area contributed by atoms with Crippen LogP contribution in [0.1, 0.15) is 0 Å². The van der Waals surface area contributed by atoms with Crippen molar-refractivity contribution in [1.29, 1.82) is 0 Å². The number of hydrogen-bond acceptors (Lipinski definition) is 0. The Hall–Kier alpha value is 4.19. The molecule has 11 heavy (non-hydrogen) atoms. The molecule has 0 atom stereocenters. The predicted molar refractivity (Wildman–Crippen MR) is 4.81 cm³/mol. The Labute approximate surface area is 173 Å². The molecule has 0 spiro atoms. The minimum absolute atomic E-state index is 0. The molecule has 0 amide bonds. The fraction of sp³-hybridized carbons (Fsp3) is 0. The largest absolute Gasteiger partial charge is 3.00 e. The van der Waals surface area contributed by atoms with Gasteiger partial charge < -0.3 is 38.3 Å². The third-order valence-corrected chi connectivity index (χ3v) is 0. The van der Waals surface area contributed by atoms with Crippen LogP contribution in [0.15, 0.2) is 0 Å². The van der Waals surface area contributed by atoms with Crippen molar-refractivity contribution in [3.05, 3.63) is 0 Å². The minimum atomic E-state index is 0. The Balaban J connectivity index is 0. The first-order chi connectivity index (χ1) is 0. The van der Waals surface area contributed by atoms with Crippen molar-refractivity contribution in [3.63, 3.8) is 0 Å². The SMILES string of the molecule is [Eu+3].[Eu+3].[Ir].[Ir].[O-2].[O-2].[O-2].[O-2].[O-2].[O-2].[O-2]. The molecule has 7 nitrogen and oxygen atoms in total. The van der Waals surface area contributed by atoms with Gasteiger partial charge in [0.15, 0.2) is 0 Å². The van der Waals surface area contributed by atoms with Gasteiger partial charge >= 0.3 is 98.8 Å². The zero-order valence-electron chi connectivity index (χ0n) is 4.28. The molecular formula is Eu2Ir2O7-8. The Morgan fingerprint density at radius 2 is 0.273 bits per heavy atom. The van der Waals surface area contributed by atoms with Gasteiger partial charge in [-0.3, -0.25) is 0 Å². The van der Waals surface area contributed by atoms with Crippen molar-refractivity contribution >= 4 is 0 Å². The van der Waals surface area contributed by atoms with E-state index in [1.807, 2.05) is 0 Å². The summed E-state index contributed by atoms with van der Waals surface area (Å²) < 4.78 is 0. The van der Waals surface area contributed by atoms with Gasteiger partial charge in [0, 0.05) is 40.2 Å². The molecule has 0 aliphatic heterocycles. The maximum absolute atomic E-state index is 0. The number of hydrogen-bond donors (Lipinski definition) is 0. The van der Waals surface area contributed by atoms with Crippen molar-refractivity contribution in [2.24, 2.45) is 0 Å². The molecule has 0 heterocycles. The molecule has 0 bridgehead atoms. The average Bonchev–Trinajstić information content (AvgIpc) is 0. The smallest absolute Gasteiger partial charge is 2.00 e. The second-order valence-corrected chi connectivity index (χ2v) is 0. The van der Waals surface area contributed by atoms with Gasteiger partial charge in [-0.05, 0) is 0 Å². The number of rotatable bonds is 0. The van der Waals surface area contributed by atoms with Gasteiger partial charge in [-0.15, -0.1) is 0 Å². The van der Waals surface area contributed by atoms with Crippen LogP contribution in [0.3, 0.4) is 0 Å². The molecular weight excluding hydrogens is 800 g/mol. The van der Waals surface area contributed by atoms with E-state index in [2.05, 4.69) is 0 Å². The third kappa shape index (κ3) is 120. The second-order valence-electron chi connectivity index (χ2n) is 0. The summed E-state index contributed by atoms with van der Waals surface area (Å²) in [5.41, 5.74) is 0. The first-order valence-corrected chi connectivity index (χ1v) is 0. The molecule has 2 radical (unpaired) electrons. The van der Waals surface area contributed by atoms with Crippen molar-refractivity contribution in [1.82, 2.24) is 0 Å². The molecule has 0 saturated carbocycles. The topological polar surface area (TPSA) is 200 Å². The van der Waals surface area contributed by atoms with Crippen LogP contribution in [0, 0.1) is 98.8 Å². The quantitative estimate of drug-likeness (QED) is 0.295. The van der Waals surface area contributed by atoms with Gasteiger partial charge in [-0.2, -0.15) is 0 Å². The van der Waals surface area contributed by atoms with Crippen LogP contribution in [-0.4, -0.2) is 0 Å². The standard InChI is InChI=1S/2Eu.2Ir.7O/q2*+3;;;7*-2. The molecule has 0 rings (SSSR count). The van der Waals surface area contributed by atoms with Gasteiger partial charge in [-0.1, -0.05) is 0 Å². The van der Waals surface area contributed by atoms with E-state index in [1.165, 1.54) is 0 Å². The third-order valence-electron chi connectivity index (χ3n) is 0. The van der Waals surface area contributed by atoms with Gasteiger partial charge in [0.1, 0.15) is 0 Å². The summed E-state index contributed by atoms with van der Waals surface area (Å²) in [5, 5.41) is 0. The van der Waals surface area contributed by atoms with Crippen LogP contribution in [0.25, 0.3) is 0 Å². The van der Waals surface area contributed by atoms with Crippen LogP contribution < -0.4 is 0 Å². The van der Waals surface area contributed by atoms with E-state index < -0.39 is 0 Å². The second kappa shape index (κ2) is 141. The van der Waals surface area contributed by atoms with E-state index in [0.29, 0.717) is 0 Å². The van der Waals surface area contributed by atoms with E-state index in [1.54, 1.807) is 0 Å². The zero-order chi connectivity index (χ0) is 0. The van der Waals surface area contributed by atoms with Crippen LogP contribution in [-0.2, 0) is 78.5 Å². The van der Waals surface area contributed by atoms with E-state index >= 15 is 0 Å². The minimum Gasteiger partial charge on any atom is -2.00 e. The predicted octanol–water partition coefficient (Wildman–Crippen LogP) is -0.837. The van der Waals surface area contributed by atoms with Crippen molar-refractivity contribution < 1.29 is 177 Å². The molecule has 0 N–H and O–H groups in total. The molecule has 0 aliphatic carbocycles. The molecule has 0 unspecified atom stereocenters. The summed E-state index contributed by atoms with van der Waals surface area (Å²) in [6, 6.07) is 0. The van der Waals surface area contributed by atoms with Crippen molar-refractivity contribution in [3.8, 4) is 0 Å². The Kier molecular flexibility index (Phi) is 2230. The summed E-state index contributed by atoms with van der Waals surface area (Å²) in [6.07, 6.45) is 0. The Bertz CT molecular complexity index is 14.4. The fourth-order valence-corrected chi connectivity index (χ4v) is 0. The summed E-state index contributed by atoms with van der Waals surface area (Å²) >= 11 is 0. The van der Waals surface area contributed by atoms with E-state index in [-0.39, 0.29) is 177 Å². The zero-order valence-corrected chi connectivity index (χ0v) is 13.9. The fourth-order valence-electron chi connectivity index (χ4n) is 0. The van der Waals surface area contributed by atoms with Crippen molar-refractivity contribution in [2.45, 2.75) is 0 Å². The normalized spacial score (nSPS) is 0. The molecule has 0 aromatic heterocycles. The molecule has 0 saturated heterocycles. The summed E-state index contributed by atoms with van der Waals surface area (Å²) in [4.78, 5) is 0. The summed E-state index contributed by atoms with van der Waals surface area (Å²) in [6.45, 7) is 0. The molecule has 0 fully saturated rings.